The van der Waals surface area contributed by atoms with E-state index in [1.807, 2.05) is 18.7 Å². The maximum Gasteiger partial charge on any atom is 0.244 e. The summed E-state index contributed by atoms with van der Waals surface area (Å²) in [5.74, 6) is 0.0937. The molecule has 0 fully saturated rings. The number of rotatable bonds is 2. The molecule has 0 spiro atoms. The summed E-state index contributed by atoms with van der Waals surface area (Å²) in [6.45, 7) is 4.87. The molecule has 3 heterocycles. The zero-order chi connectivity index (χ0) is 19.1. The summed E-state index contributed by atoms with van der Waals surface area (Å²) >= 11 is 0. The van der Waals surface area contributed by atoms with Gasteiger partial charge in [0.2, 0.25) is 5.91 Å². The zero-order valence-corrected chi connectivity index (χ0v) is 15.2. The van der Waals surface area contributed by atoms with Gasteiger partial charge >= 0.3 is 0 Å². The van der Waals surface area contributed by atoms with Crippen LogP contribution in [0.2, 0.25) is 0 Å². The first-order valence-electron chi connectivity index (χ1n) is 8.59. The van der Waals surface area contributed by atoms with Gasteiger partial charge in [0.25, 0.3) is 0 Å². The summed E-state index contributed by atoms with van der Waals surface area (Å²) in [5, 5.41) is 12.9. The Balaban J connectivity index is 0.000000206. The van der Waals surface area contributed by atoms with Crippen LogP contribution in [0.25, 0.3) is 0 Å². The second kappa shape index (κ2) is 9.21. The minimum Gasteiger partial charge on any atom is -0.320 e. The van der Waals surface area contributed by atoms with Crippen molar-refractivity contribution in [2.75, 3.05) is 11.9 Å². The molecule has 0 unspecified atom stereocenters. The average molecular weight is 358 g/mol. The lowest BCUT2D eigenvalue weighted by atomic mass is 10.0. The molecular formula is C18H26N6O2. The minimum atomic E-state index is -0.333. The van der Waals surface area contributed by atoms with E-state index in [9.17, 15) is 4.79 Å². The van der Waals surface area contributed by atoms with E-state index >= 15 is 0 Å². The molecule has 1 amide bonds. The predicted octanol–water partition coefficient (Wildman–Crippen LogP) is 0.577. The Bertz CT molecular complexity index is 718. The molecule has 2 atom stereocenters. The number of carbonyl (C=O) groups excluding carboxylic acids is 2. The van der Waals surface area contributed by atoms with E-state index in [2.05, 4.69) is 45.9 Å². The summed E-state index contributed by atoms with van der Waals surface area (Å²) in [6.07, 6.45) is 4.33. The number of carbonyl (C=O) groups is 2. The van der Waals surface area contributed by atoms with Gasteiger partial charge in [0, 0.05) is 12.6 Å². The van der Waals surface area contributed by atoms with Crippen LogP contribution in [0.1, 0.15) is 30.2 Å². The molecule has 1 aromatic heterocycles. The fraction of sp³-hybridized carbons (Fsp3) is 0.444. The third-order valence-electron chi connectivity index (χ3n) is 4.50. The Labute approximate surface area is 153 Å². The standard InChI is InChI=1S/C13H16N2O.C4H8N4.CH2O/c1-8-7-10-4-2-3-9-5-6-11(14)13(16)15(8)12(9)10;1-5-2-4-3-6-8-7-4;1-2/h2-4,8,11H,5-7,14H2,1H3;3,5H,2H2,1H3,(H,6,7,8);1H2/t8-,11+;;/m1../s1. The first kappa shape index (κ1) is 19.7. The van der Waals surface area contributed by atoms with Crippen molar-refractivity contribution >= 4 is 18.4 Å². The van der Waals surface area contributed by atoms with Crippen LogP contribution >= 0.6 is 0 Å². The molecule has 8 heteroatoms. The Morgan fingerprint density at radius 2 is 2.12 bits per heavy atom. The molecule has 0 radical (unpaired) electrons. The van der Waals surface area contributed by atoms with Crippen molar-refractivity contribution in [2.24, 2.45) is 5.73 Å². The number of anilines is 1. The number of aromatic nitrogens is 3. The summed E-state index contributed by atoms with van der Waals surface area (Å²) < 4.78 is 0. The molecule has 2 aliphatic rings. The molecule has 4 N–H and O–H groups in total. The number of nitrogens with zero attached hydrogens (tertiary/aromatic N) is 3. The molecule has 2 aromatic rings. The summed E-state index contributed by atoms with van der Waals surface area (Å²) in [4.78, 5) is 22.1. The highest BCUT2D eigenvalue weighted by atomic mass is 16.2. The molecule has 0 saturated carbocycles. The molecule has 4 rings (SSSR count). The van der Waals surface area contributed by atoms with Gasteiger partial charge in [0.05, 0.1) is 23.6 Å². The van der Waals surface area contributed by atoms with Crippen molar-refractivity contribution in [3.63, 3.8) is 0 Å². The van der Waals surface area contributed by atoms with Gasteiger partial charge < -0.3 is 20.7 Å². The number of nitrogens with one attached hydrogen (secondary N) is 2. The Morgan fingerprint density at radius 1 is 1.38 bits per heavy atom. The second-order valence-electron chi connectivity index (χ2n) is 6.32. The highest BCUT2D eigenvalue weighted by Gasteiger charge is 2.37. The molecule has 140 valence electrons. The molecule has 0 saturated heterocycles. The van der Waals surface area contributed by atoms with Crippen molar-refractivity contribution in [2.45, 2.75) is 44.8 Å². The van der Waals surface area contributed by atoms with E-state index < -0.39 is 0 Å². The summed E-state index contributed by atoms with van der Waals surface area (Å²) in [5.41, 5.74) is 10.6. The summed E-state index contributed by atoms with van der Waals surface area (Å²) in [7, 11) is 1.87. The van der Waals surface area contributed by atoms with E-state index in [1.165, 1.54) is 11.1 Å². The van der Waals surface area contributed by atoms with E-state index in [0.29, 0.717) is 0 Å². The fourth-order valence-electron chi connectivity index (χ4n) is 3.38. The van der Waals surface area contributed by atoms with Crippen LogP contribution in [0.5, 0.6) is 0 Å². The normalized spacial score (nSPS) is 20.3. The molecular weight excluding hydrogens is 332 g/mol. The molecule has 8 nitrogen and oxygen atoms in total. The predicted molar refractivity (Wildman–Crippen MR) is 99.7 cm³/mol. The van der Waals surface area contributed by atoms with Crippen molar-refractivity contribution in [1.82, 2.24) is 20.7 Å². The van der Waals surface area contributed by atoms with Crippen molar-refractivity contribution in [3.05, 3.63) is 41.2 Å². The number of H-pyrrole nitrogens is 1. The van der Waals surface area contributed by atoms with Gasteiger partial charge in [0.15, 0.2) is 0 Å². The van der Waals surface area contributed by atoms with Crippen LogP contribution in [0.4, 0.5) is 5.69 Å². The van der Waals surface area contributed by atoms with Crippen LogP contribution in [-0.2, 0) is 29.0 Å². The van der Waals surface area contributed by atoms with Crippen LogP contribution < -0.4 is 16.0 Å². The van der Waals surface area contributed by atoms with Crippen LogP contribution in [0, 0.1) is 0 Å². The molecule has 2 aliphatic heterocycles. The molecule has 0 bridgehead atoms. The van der Waals surface area contributed by atoms with E-state index in [0.717, 1.165) is 37.2 Å². The number of aryl methyl sites for hydroxylation is 1. The maximum atomic E-state index is 12.2. The lowest BCUT2D eigenvalue weighted by Gasteiger charge is -2.24. The molecule has 26 heavy (non-hydrogen) atoms. The van der Waals surface area contributed by atoms with E-state index in [-0.39, 0.29) is 18.0 Å². The van der Waals surface area contributed by atoms with Gasteiger partial charge in [-0.05, 0) is 44.4 Å². The summed E-state index contributed by atoms with van der Waals surface area (Å²) in [6, 6.07) is 6.26. The monoisotopic (exact) mass is 358 g/mol. The number of amides is 1. The zero-order valence-electron chi connectivity index (χ0n) is 15.2. The Morgan fingerprint density at radius 3 is 2.77 bits per heavy atom. The number of hydrogen-bond donors (Lipinski definition) is 3. The van der Waals surface area contributed by atoms with Crippen LogP contribution in [0.15, 0.2) is 24.4 Å². The lowest BCUT2D eigenvalue weighted by molar-refractivity contribution is -0.120. The highest BCUT2D eigenvalue weighted by molar-refractivity contribution is 6.01. The fourth-order valence-corrected chi connectivity index (χ4v) is 3.38. The first-order chi connectivity index (χ1) is 12.6. The quantitative estimate of drug-likeness (QED) is 0.723. The number of nitrogens with two attached hydrogens (primary N) is 1. The van der Waals surface area contributed by atoms with E-state index in [4.69, 9.17) is 10.5 Å². The Kier molecular flexibility index (Phi) is 6.99. The van der Waals surface area contributed by atoms with Crippen LogP contribution in [-0.4, -0.2) is 47.2 Å². The minimum absolute atomic E-state index is 0.0937. The smallest absolute Gasteiger partial charge is 0.244 e. The highest BCUT2D eigenvalue weighted by Crippen LogP contribution is 2.38. The number of aromatic amines is 1. The van der Waals surface area contributed by atoms with Gasteiger partial charge in [-0.1, -0.05) is 18.2 Å². The average Bonchev–Trinajstić information content (AvgIpc) is 3.25. The molecule has 0 aliphatic carbocycles. The molecule has 1 aromatic carbocycles. The van der Waals surface area contributed by atoms with Gasteiger partial charge in [-0.2, -0.15) is 15.4 Å². The van der Waals surface area contributed by atoms with Gasteiger partial charge in [-0.25, -0.2) is 0 Å². The third kappa shape index (κ3) is 4.14. The number of hydrogen-bond acceptors (Lipinski definition) is 6. The van der Waals surface area contributed by atoms with Gasteiger partial charge in [0.1, 0.15) is 6.79 Å². The van der Waals surface area contributed by atoms with Crippen molar-refractivity contribution < 1.29 is 9.59 Å². The topological polar surface area (TPSA) is 117 Å². The number of para-hydroxylation sites is 1. The third-order valence-corrected chi connectivity index (χ3v) is 4.50. The van der Waals surface area contributed by atoms with Gasteiger partial charge in [-0.3, -0.25) is 4.79 Å². The maximum absolute atomic E-state index is 12.2. The number of benzene rings is 1. The van der Waals surface area contributed by atoms with Crippen molar-refractivity contribution in [1.29, 1.82) is 0 Å². The SMILES string of the molecule is C=O.CNCc1cn[nH]n1.C[C@@H]1Cc2cccc3c2N1C(=O)[C@@H](N)CC3. The lowest BCUT2D eigenvalue weighted by Crippen LogP contribution is -2.45. The van der Waals surface area contributed by atoms with Crippen LogP contribution in [0.3, 0.4) is 0 Å². The largest absolute Gasteiger partial charge is 0.320 e. The van der Waals surface area contributed by atoms with E-state index in [1.54, 1.807) is 6.20 Å². The second-order valence-corrected chi connectivity index (χ2v) is 6.32. The van der Waals surface area contributed by atoms with Gasteiger partial charge in [-0.15, -0.1) is 0 Å². The Hall–Kier alpha value is -2.58. The first-order valence-corrected chi connectivity index (χ1v) is 8.59. The van der Waals surface area contributed by atoms with Crippen molar-refractivity contribution in [3.8, 4) is 0 Å².